The lowest BCUT2D eigenvalue weighted by Crippen LogP contribution is -2.35. The molecule has 1 fully saturated rings. The molecule has 0 radical (unpaired) electrons. The summed E-state index contributed by atoms with van der Waals surface area (Å²) >= 11 is 0. The van der Waals surface area contributed by atoms with Gasteiger partial charge in [-0.05, 0) is 49.1 Å². The maximum atomic E-state index is 12.8. The third-order valence-corrected chi connectivity index (χ3v) is 4.52. The minimum absolute atomic E-state index is 0.0352. The lowest BCUT2D eigenvalue weighted by molar-refractivity contribution is 0.0744. The Hall–Kier alpha value is -2.76. The number of benzene rings is 1. The molecule has 1 aromatic carbocycles. The summed E-state index contributed by atoms with van der Waals surface area (Å²) in [6.45, 7) is 0.636. The number of carbonyl (C=O) groups excluding carboxylic acids is 1. The van der Waals surface area contributed by atoms with Gasteiger partial charge in [-0.1, -0.05) is 0 Å². The SMILES string of the molecule is COc1cc(CCN(C(=O)c2cccnc2)C2CC2)cc(OC)c1OC. The van der Waals surface area contributed by atoms with Crippen LogP contribution in [0, 0.1) is 0 Å². The molecule has 138 valence electrons. The summed E-state index contributed by atoms with van der Waals surface area (Å²) in [5.41, 5.74) is 1.66. The number of nitrogens with zero attached hydrogens (tertiary/aromatic N) is 2. The van der Waals surface area contributed by atoms with Crippen LogP contribution in [0.1, 0.15) is 28.8 Å². The Morgan fingerprint density at radius 1 is 1.15 bits per heavy atom. The maximum Gasteiger partial charge on any atom is 0.255 e. The molecule has 0 unspecified atom stereocenters. The second kappa shape index (κ2) is 8.08. The van der Waals surface area contributed by atoms with E-state index in [1.54, 1.807) is 39.8 Å². The number of hydrogen-bond acceptors (Lipinski definition) is 5. The number of rotatable bonds is 8. The van der Waals surface area contributed by atoms with Gasteiger partial charge in [-0.25, -0.2) is 0 Å². The van der Waals surface area contributed by atoms with E-state index in [-0.39, 0.29) is 5.91 Å². The van der Waals surface area contributed by atoms with Crippen molar-refractivity contribution in [1.29, 1.82) is 0 Å². The average molecular weight is 356 g/mol. The van der Waals surface area contributed by atoms with Crippen LogP contribution in [-0.2, 0) is 6.42 Å². The zero-order valence-corrected chi connectivity index (χ0v) is 15.4. The highest BCUT2D eigenvalue weighted by molar-refractivity contribution is 5.94. The van der Waals surface area contributed by atoms with E-state index < -0.39 is 0 Å². The number of pyridine rings is 1. The van der Waals surface area contributed by atoms with E-state index in [0.29, 0.717) is 41.8 Å². The monoisotopic (exact) mass is 356 g/mol. The highest BCUT2D eigenvalue weighted by atomic mass is 16.5. The molecular formula is C20H24N2O4. The highest BCUT2D eigenvalue weighted by Gasteiger charge is 2.32. The van der Waals surface area contributed by atoms with Crippen molar-refractivity contribution in [3.8, 4) is 17.2 Å². The molecule has 3 rings (SSSR count). The van der Waals surface area contributed by atoms with E-state index in [0.717, 1.165) is 18.4 Å². The van der Waals surface area contributed by atoms with Gasteiger partial charge in [-0.15, -0.1) is 0 Å². The molecule has 2 aromatic rings. The molecule has 0 atom stereocenters. The Kier molecular flexibility index (Phi) is 5.61. The van der Waals surface area contributed by atoms with E-state index >= 15 is 0 Å². The van der Waals surface area contributed by atoms with Crippen LogP contribution in [0.15, 0.2) is 36.7 Å². The molecule has 1 saturated carbocycles. The minimum Gasteiger partial charge on any atom is -0.493 e. The molecule has 1 aliphatic carbocycles. The van der Waals surface area contributed by atoms with Crippen LogP contribution in [0.2, 0.25) is 0 Å². The summed E-state index contributed by atoms with van der Waals surface area (Å²) in [6.07, 6.45) is 6.12. The van der Waals surface area contributed by atoms with Crippen LogP contribution in [-0.4, -0.2) is 49.7 Å². The van der Waals surface area contributed by atoms with Gasteiger partial charge in [0.1, 0.15) is 0 Å². The number of carbonyl (C=O) groups is 1. The Labute approximate surface area is 153 Å². The predicted molar refractivity (Wildman–Crippen MR) is 98.1 cm³/mol. The first kappa shape index (κ1) is 18.0. The van der Waals surface area contributed by atoms with Crippen molar-refractivity contribution < 1.29 is 19.0 Å². The zero-order chi connectivity index (χ0) is 18.5. The molecule has 6 nitrogen and oxygen atoms in total. The van der Waals surface area contributed by atoms with Crippen LogP contribution in [0.4, 0.5) is 0 Å². The standard InChI is InChI=1S/C20H24N2O4/c1-24-17-11-14(12-18(25-2)19(17)26-3)8-10-22(16-6-7-16)20(23)15-5-4-9-21-13-15/h4-5,9,11-13,16H,6-8,10H2,1-3H3. The lowest BCUT2D eigenvalue weighted by Gasteiger charge is -2.23. The van der Waals surface area contributed by atoms with Crippen molar-refractivity contribution in [3.63, 3.8) is 0 Å². The van der Waals surface area contributed by atoms with Gasteiger partial charge in [0.15, 0.2) is 11.5 Å². The highest BCUT2D eigenvalue weighted by Crippen LogP contribution is 2.38. The van der Waals surface area contributed by atoms with Crippen LogP contribution in [0.3, 0.4) is 0 Å². The van der Waals surface area contributed by atoms with Crippen molar-refractivity contribution in [3.05, 3.63) is 47.8 Å². The molecule has 0 N–H and O–H groups in total. The number of amides is 1. The van der Waals surface area contributed by atoms with Crippen LogP contribution < -0.4 is 14.2 Å². The second-order valence-corrected chi connectivity index (χ2v) is 6.26. The van der Waals surface area contributed by atoms with Crippen LogP contribution >= 0.6 is 0 Å². The van der Waals surface area contributed by atoms with E-state index in [9.17, 15) is 4.79 Å². The van der Waals surface area contributed by atoms with Crippen molar-refractivity contribution in [2.45, 2.75) is 25.3 Å². The zero-order valence-electron chi connectivity index (χ0n) is 15.4. The average Bonchev–Trinajstić information content (AvgIpc) is 3.52. The Morgan fingerprint density at radius 3 is 2.35 bits per heavy atom. The normalized spacial score (nSPS) is 13.2. The van der Waals surface area contributed by atoms with Gasteiger partial charge in [0, 0.05) is 25.0 Å². The maximum absolute atomic E-state index is 12.8. The minimum atomic E-state index is 0.0352. The summed E-state index contributed by atoms with van der Waals surface area (Å²) < 4.78 is 16.2. The molecule has 6 heteroatoms. The van der Waals surface area contributed by atoms with Gasteiger partial charge in [0.25, 0.3) is 5.91 Å². The smallest absolute Gasteiger partial charge is 0.255 e. The lowest BCUT2D eigenvalue weighted by atomic mass is 10.1. The van der Waals surface area contributed by atoms with Crippen molar-refractivity contribution in [2.75, 3.05) is 27.9 Å². The molecule has 0 spiro atoms. The van der Waals surface area contributed by atoms with Crippen LogP contribution in [0.25, 0.3) is 0 Å². The fourth-order valence-electron chi connectivity index (χ4n) is 3.02. The van der Waals surface area contributed by atoms with Crippen LogP contribution in [0.5, 0.6) is 17.2 Å². The second-order valence-electron chi connectivity index (χ2n) is 6.26. The van der Waals surface area contributed by atoms with Gasteiger partial charge < -0.3 is 19.1 Å². The molecule has 1 aliphatic rings. The van der Waals surface area contributed by atoms with E-state index in [2.05, 4.69) is 4.98 Å². The summed E-state index contributed by atoms with van der Waals surface area (Å²) in [4.78, 5) is 18.8. The first-order valence-electron chi connectivity index (χ1n) is 8.67. The van der Waals surface area contributed by atoms with Gasteiger partial charge in [-0.2, -0.15) is 0 Å². The third kappa shape index (κ3) is 3.90. The van der Waals surface area contributed by atoms with Gasteiger partial charge in [0.05, 0.1) is 26.9 Å². The summed E-state index contributed by atoms with van der Waals surface area (Å²) in [7, 11) is 4.79. The Morgan fingerprint density at radius 2 is 1.85 bits per heavy atom. The van der Waals surface area contributed by atoms with Crippen molar-refractivity contribution >= 4 is 5.91 Å². The van der Waals surface area contributed by atoms with E-state index in [1.165, 1.54) is 0 Å². The quantitative estimate of drug-likeness (QED) is 0.728. The summed E-state index contributed by atoms with van der Waals surface area (Å²) in [5, 5.41) is 0. The Bertz CT molecular complexity index is 735. The molecule has 1 aromatic heterocycles. The Balaban J connectivity index is 1.77. The molecule has 0 aliphatic heterocycles. The van der Waals surface area contributed by atoms with Gasteiger partial charge >= 0.3 is 0 Å². The fourth-order valence-corrected chi connectivity index (χ4v) is 3.02. The summed E-state index contributed by atoms with van der Waals surface area (Å²) in [6, 6.07) is 7.79. The number of ether oxygens (including phenoxy) is 3. The fraction of sp³-hybridized carbons (Fsp3) is 0.400. The molecular weight excluding hydrogens is 332 g/mol. The van der Waals surface area contributed by atoms with E-state index in [1.807, 2.05) is 23.1 Å². The van der Waals surface area contributed by atoms with Crippen molar-refractivity contribution in [2.24, 2.45) is 0 Å². The number of methoxy groups -OCH3 is 3. The first-order chi connectivity index (χ1) is 12.7. The molecule has 1 amide bonds. The first-order valence-corrected chi connectivity index (χ1v) is 8.67. The van der Waals surface area contributed by atoms with E-state index in [4.69, 9.17) is 14.2 Å². The van der Waals surface area contributed by atoms with Gasteiger partial charge in [-0.3, -0.25) is 9.78 Å². The molecule has 26 heavy (non-hydrogen) atoms. The molecule has 0 saturated heterocycles. The molecule has 1 heterocycles. The van der Waals surface area contributed by atoms with Crippen molar-refractivity contribution in [1.82, 2.24) is 9.88 Å². The molecule has 0 bridgehead atoms. The van der Waals surface area contributed by atoms with Gasteiger partial charge in [0.2, 0.25) is 5.75 Å². The number of aromatic nitrogens is 1. The summed E-state index contributed by atoms with van der Waals surface area (Å²) in [5.74, 6) is 1.86. The number of hydrogen-bond donors (Lipinski definition) is 0. The largest absolute Gasteiger partial charge is 0.493 e. The topological polar surface area (TPSA) is 60.9 Å². The third-order valence-electron chi connectivity index (χ3n) is 4.52. The predicted octanol–water partition coefficient (Wildman–Crippen LogP) is 2.95.